The number of rotatable bonds is 8. The van der Waals surface area contributed by atoms with Crippen LogP contribution in [0.1, 0.15) is 17.2 Å². The normalized spacial score (nSPS) is 11.8. The van der Waals surface area contributed by atoms with E-state index in [2.05, 4.69) is 15.3 Å². The van der Waals surface area contributed by atoms with Crippen LogP contribution in [-0.2, 0) is 19.1 Å². The lowest BCUT2D eigenvalue weighted by Crippen LogP contribution is -2.26. The first kappa shape index (κ1) is 19.1. The number of hydrogen-bond acceptors (Lipinski definition) is 6. The van der Waals surface area contributed by atoms with Crippen LogP contribution >= 0.6 is 0 Å². The van der Waals surface area contributed by atoms with E-state index in [0.717, 1.165) is 5.56 Å². The topological polar surface area (TPSA) is 86.2 Å². The average Bonchev–Trinajstić information content (AvgIpc) is 2.68. The maximum Gasteiger partial charge on any atom is 0.343 e. The van der Waals surface area contributed by atoms with Gasteiger partial charge in [-0.2, -0.15) is 5.10 Å². The summed E-state index contributed by atoms with van der Waals surface area (Å²) in [5.74, 6) is -0.361. The van der Waals surface area contributed by atoms with Crippen molar-refractivity contribution in [3.8, 4) is 5.75 Å². The quantitative estimate of drug-likeness (QED) is 0.445. The second kappa shape index (κ2) is 9.95. The molecule has 1 atom stereocenters. The third-order valence-corrected chi connectivity index (χ3v) is 3.41. The van der Waals surface area contributed by atoms with Gasteiger partial charge in [0, 0.05) is 7.11 Å². The highest BCUT2D eigenvalue weighted by atomic mass is 16.6. The number of ether oxygens (including phenoxy) is 3. The van der Waals surface area contributed by atoms with Crippen molar-refractivity contribution < 1.29 is 23.8 Å². The molecule has 0 saturated carbocycles. The van der Waals surface area contributed by atoms with Gasteiger partial charge in [0.25, 0.3) is 5.91 Å². The molecule has 1 amide bonds. The van der Waals surface area contributed by atoms with E-state index in [1.807, 2.05) is 18.2 Å². The summed E-state index contributed by atoms with van der Waals surface area (Å²) >= 11 is 0. The molecule has 0 aliphatic carbocycles. The van der Waals surface area contributed by atoms with E-state index >= 15 is 0 Å². The van der Waals surface area contributed by atoms with Gasteiger partial charge in [-0.1, -0.05) is 42.5 Å². The summed E-state index contributed by atoms with van der Waals surface area (Å²) in [6, 6.07) is 16.1. The molecule has 0 aliphatic rings. The molecule has 0 aromatic heterocycles. The number of carbonyl (C=O) groups excluding carboxylic acids is 2. The largest absolute Gasteiger partial charge is 0.482 e. The average molecular weight is 356 g/mol. The highest BCUT2D eigenvalue weighted by molar-refractivity contribution is 5.85. The van der Waals surface area contributed by atoms with Gasteiger partial charge in [-0.3, -0.25) is 4.79 Å². The fraction of sp³-hybridized carbons (Fsp3) is 0.211. The summed E-state index contributed by atoms with van der Waals surface area (Å²) in [5, 5.41) is 3.94. The van der Waals surface area contributed by atoms with Gasteiger partial charge < -0.3 is 14.2 Å². The maximum absolute atomic E-state index is 12.2. The smallest absolute Gasteiger partial charge is 0.343 e. The molecule has 0 heterocycles. The SMILES string of the molecule is COC(=O)COc1cccc(/C=N/NC(=O)C(OC)c2ccccc2)c1. The summed E-state index contributed by atoms with van der Waals surface area (Å²) in [7, 11) is 2.75. The van der Waals surface area contributed by atoms with Crippen LogP contribution in [0, 0.1) is 0 Å². The van der Waals surface area contributed by atoms with E-state index in [-0.39, 0.29) is 12.5 Å². The molecule has 2 rings (SSSR count). The molecular weight excluding hydrogens is 336 g/mol. The Bertz CT molecular complexity index is 762. The highest BCUT2D eigenvalue weighted by Gasteiger charge is 2.19. The van der Waals surface area contributed by atoms with Crippen molar-refractivity contribution in [1.29, 1.82) is 0 Å². The Hall–Kier alpha value is -3.19. The minimum atomic E-state index is -0.747. The number of nitrogens with zero attached hydrogens (tertiary/aromatic N) is 1. The van der Waals surface area contributed by atoms with Crippen LogP contribution in [0.3, 0.4) is 0 Å². The van der Waals surface area contributed by atoms with E-state index < -0.39 is 12.1 Å². The van der Waals surface area contributed by atoms with Crippen LogP contribution in [0.2, 0.25) is 0 Å². The van der Waals surface area contributed by atoms with Crippen molar-refractivity contribution in [2.45, 2.75) is 6.10 Å². The minimum absolute atomic E-state index is 0.180. The van der Waals surface area contributed by atoms with Crippen LogP contribution in [0.15, 0.2) is 59.7 Å². The standard InChI is InChI=1S/C19H20N2O5/c1-24-17(22)13-26-16-10-6-7-14(11-16)12-20-21-19(23)18(25-2)15-8-4-3-5-9-15/h3-12,18H,13H2,1-2H3,(H,21,23)/b20-12+. The zero-order valence-electron chi connectivity index (χ0n) is 14.5. The summed E-state index contributed by atoms with van der Waals surface area (Å²) in [6.07, 6.45) is 0.726. The van der Waals surface area contributed by atoms with E-state index in [1.54, 1.807) is 36.4 Å². The minimum Gasteiger partial charge on any atom is -0.482 e. The maximum atomic E-state index is 12.2. The number of carbonyl (C=O) groups is 2. The third-order valence-electron chi connectivity index (χ3n) is 3.41. The first-order valence-corrected chi connectivity index (χ1v) is 7.84. The molecule has 7 nitrogen and oxygen atoms in total. The van der Waals surface area contributed by atoms with Gasteiger partial charge in [0.1, 0.15) is 5.75 Å². The summed E-state index contributed by atoms with van der Waals surface area (Å²) in [4.78, 5) is 23.3. The molecule has 0 saturated heterocycles. The van der Waals surface area contributed by atoms with Crippen molar-refractivity contribution in [3.63, 3.8) is 0 Å². The van der Waals surface area contributed by atoms with Gasteiger partial charge in [0.2, 0.25) is 0 Å². The summed E-state index contributed by atoms with van der Waals surface area (Å²) < 4.78 is 15.0. The Morgan fingerprint density at radius 1 is 1.12 bits per heavy atom. The number of benzene rings is 2. The molecule has 26 heavy (non-hydrogen) atoms. The highest BCUT2D eigenvalue weighted by Crippen LogP contribution is 2.16. The first-order chi connectivity index (χ1) is 12.6. The second-order valence-corrected chi connectivity index (χ2v) is 5.20. The van der Waals surface area contributed by atoms with Crippen LogP contribution < -0.4 is 10.2 Å². The Labute approximate surface area is 151 Å². The number of amides is 1. The van der Waals surface area contributed by atoms with E-state index in [0.29, 0.717) is 11.3 Å². The lowest BCUT2D eigenvalue weighted by atomic mass is 10.1. The fourth-order valence-corrected chi connectivity index (χ4v) is 2.14. The monoisotopic (exact) mass is 356 g/mol. The lowest BCUT2D eigenvalue weighted by Gasteiger charge is -2.13. The van der Waals surface area contributed by atoms with Gasteiger partial charge in [0.15, 0.2) is 12.7 Å². The zero-order chi connectivity index (χ0) is 18.8. The Balaban J connectivity index is 1.95. The molecule has 1 N–H and O–H groups in total. The number of esters is 1. The lowest BCUT2D eigenvalue weighted by molar-refractivity contribution is -0.142. The van der Waals surface area contributed by atoms with Crippen molar-refractivity contribution >= 4 is 18.1 Å². The third kappa shape index (κ3) is 5.71. The van der Waals surface area contributed by atoms with E-state index in [1.165, 1.54) is 20.4 Å². The summed E-state index contributed by atoms with van der Waals surface area (Å²) in [5.41, 5.74) is 3.88. The van der Waals surface area contributed by atoms with Crippen molar-refractivity contribution in [2.75, 3.05) is 20.8 Å². The number of hydrogen-bond donors (Lipinski definition) is 1. The molecule has 2 aromatic carbocycles. The molecule has 2 aromatic rings. The first-order valence-electron chi connectivity index (χ1n) is 7.84. The van der Waals surface area contributed by atoms with Gasteiger partial charge >= 0.3 is 5.97 Å². The van der Waals surface area contributed by atoms with Crippen LogP contribution in [-0.4, -0.2) is 38.9 Å². The molecule has 0 bridgehead atoms. The summed E-state index contributed by atoms with van der Waals surface area (Å²) in [6.45, 7) is -0.180. The predicted octanol–water partition coefficient (Wildman–Crippen LogP) is 2.08. The molecule has 1 unspecified atom stereocenters. The van der Waals surface area contributed by atoms with Crippen LogP contribution in [0.4, 0.5) is 0 Å². The van der Waals surface area contributed by atoms with Gasteiger partial charge in [0.05, 0.1) is 13.3 Å². The van der Waals surface area contributed by atoms with Crippen molar-refractivity contribution in [1.82, 2.24) is 5.43 Å². The molecule has 0 radical (unpaired) electrons. The Morgan fingerprint density at radius 3 is 2.58 bits per heavy atom. The number of hydrazone groups is 1. The van der Waals surface area contributed by atoms with Crippen LogP contribution in [0.5, 0.6) is 5.75 Å². The Morgan fingerprint density at radius 2 is 1.88 bits per heavy atom. The number of methoxy groups -OCH3 is 2. The Kier molecular flexibility index (Phi) is 7.32. The van der Waals surface area contributed by atoms with E-state index in [4.69, 9.17) is 9.47 Å². The fourth-order valence-electron chi connectivity index (χ4n) is 2.14. The van der Waals surface area contributed by atoms with Gasteiger partial charge in [-0.25, -0.2) is 10.2 Å². The van der Waals surface area contributed by atoms with E-state index in [9.17, 15) is 9.59 Å². The van der Waals surface area contributed by atoms with Crippen LogP contribution in [0.25, 0.3) is 0 Å². The van der Waals surface area contributed by atoms with Crippen molar-refractivity contribution in [3.05, 3.63) is 65.7 Å². The van der Waals surface area contributed by atoms with Gasteiger partial charge in [-0.05, 0) is 23.3 Å². The van der Waals surface area contributed by atoms with Gasteiger partial charge in [-0.15, -0.1) is 0 Å². The molecule has 0 fully saturated rings. The predicted molar refractivity (Wildman–Crippen MR) is 95.9 cm³/mol. The molecular formula is C19H20N2O5. The zero-order valence-corrected chi connectivity index (χ0v) is 14.5. The number of nitrogens with one attached hydrogen (secondary N) is 1. The van der Waals surface area contributed by atoms with Crippen molar-refractivity contribution in [2.24, 2.45) is 5.10 Å². The molecule has 0 spiro atoms. The second-order valence-electron chi connectivity index (χ2n) is 5.20. The molecule has 136 valence electrons. The molecule has 0 aliphatic heterocycles. The molecule has 7 heteroatoms.